The van der Waals surface area contributed by atoms with Crippen LogP contribution in [-0.2, 0) is 21.3 Å². The molecule has 0 fully saturated rings. The molecule has 2 aromatic rings. The SMILES string of the molecule is CCCOc1c[nH]c(CS(=O)CC(=O)Nc2ccccn2)cc1=O. The molecule has 0 aliphatic carbocycles. The van der Waals surface area contributed by atoms with Crippen LogP contribution in [0.5, 0.6) is 5.75 Å². The van der Waals surface area contributed by atoms with E-state index in [9.17, 15) is 13.8 Å². The van der Waals surface area contributed by atoms with Crippen molar-refractivity contribution >= 4 is 22.5 Å². The number of aromatic amines is 1. The predicted octanol–water partition coefficient (Wildman–Crippen LogP) is 1.45. The van der Waals surface area contributed by atoms with E-state index in [1.807, 2.05) is 6.92 Å². The maximum Gasteiger partial charge on any atom is 0.238 e. The number of carbonyl (C=O) groups is 1. The zero-order valence-corrected chi connectivity index (χ0v) is 14.1. The summed E-state index contributed by atoms with van der Waals surface area (Å²) in [6.07, 6.45) is 3.81. The molecule has 8 heteroatoms. The number of hydrogen-bond acceptors (Lipinski definition) is 5. The maximum absolute atomic E-state index is 12.1. The first kappa shape index (κ1) is 17.9. The first-order valence-corrected chi connectivity index (χ1v) is 8.97. The highest BCUT2D eigenvalue weighted by molar-refractivity contribution is 7.84. The Balaban J connectivity index is 1.89. The summed E-state index contributed by atoms with van der Waals surface area (Å²) in [6.45, 7) is 2.41. The van der Waals surface area contributed by atoms with Gasteiger partial charge in [0.1, 0.15) is 11.6 Å². The fourth-order valence-corrected chi connectivity index (χ4v) is 2.88. The Hall–Kier alpha value is -2.48. The predicted molar refractivity (Wildman–Crippen MR) is 92.4 cm³/mol. The molecule has 0 bridgehead atoms. The van der Waals surface area contributed by atoms with Gasteiger partial charge in [0, 0.05) is 35.0 Å². The molecule has 0 aliphatic rings. The van der Waals surface area contributed by atoms with Crippen molar-refractivity contribution in [2.45, 2.75) is 19.1 Å². The van der Waals surface area contributed by atoms with Crippen LogP contribution in [-0.4, -0.2) is 32.4 Å². The average Bonchev–Trinajstić information content (AvgIpc) is 2.54. The third-order valence-electron chi connectivity index (χ3n) is 2.94. The molecule has 0 radical (unpaired) electrons. The van der Waals surface area contributed by atoms with Gasteiger partial charge in [-0.05, 0) is 18.6 Å². The van der Waals surface area contributed by atoms with Crippen molar-refractivity contribution in [2.24, 2.45) is 0 Å². The van der Waals surface area contributed by atoms with Gasteiger partial charge in [-0.1, -0.05) is 13.0 Å². The van der Waals surface area contributed by atoms with Crippen molar-refractivity contribution in [1.29, 1.82) is 0 Å². The van der Waals surface area contributed by atoms with E-state index in [0.29, 0.717) is 18.1 Å². The molecule has 0 aromatic carbocycles. The van der Waals surface area contributed by atoms with Gasteiger partial charge in [-0.3, -0.25) is 13.8 Å². The van der Waals surface area contributed by atoms with Crippen LogP contribution in [0, 0.1) is 0 Å². The van der Waals surface area contributed by atoms with Gasteiger partial charge in [-0.2, -0.15) is 0 Å². The van der Waals surface area contributed by atoms with Crippen LogP contribution in [0.2, 0.25) is 0 Å². The lowest BCUT2D eigenvalue weighted by molar-refractivity contribution is -0.113. The van der Waals surface area contributed by atoms with Crippen LogP contribution in [0.1, 0.15) is 19.0 Å². The quantitative estimate of drug-likeness (QED) is 0.751. The standard InChI is InChI=1S/C16H19N3O4S/c1-2-7-23-14-9-18-12(8-13(14)20)10-24(22)11-16(21)19-15-5-3-4-6-17-15/h3-6,8-9H,2,7,10-11H2,1H3,(H,18,20)(H,17,19,21). The van der Waals surface area contributed by atoms with Crippen molar-refractivity contribution in [3.63, 3.8) is 0 Å². The first-order valence-electron chi connectivity index (χ1n) is 7.48. The van der Waals surface area contributed by atoms with Gasteiger partial charge in [0.25, 0.3) is 0 Å². The van der Waals surface area contributed by atoms with Crippen LogP contribution in [0.3, 0.4) is 0 Å². The van der Waals surface area contributed by atoms with Crippen LogP contribution in [0.4, 0.5) is 5.82 Å². The molecule has 24 heavy (non-hydrogen) atoms. The molecule has 2 N–H and O–H groups in total. The lowest BCUT2D eigenvalue weighted by atomic mass is 10.3. The molecular formula is C16H19N3O4S. The van der Waals surface area contributed by atoms with E-state index in [1.165, 1.54) is 12.3 Å². The van der Waals surface area contributed by atoms with Gasteiger partial charge >= 0.3 is 0 Å². The van der Waals surface area contributed by atoms with Gasteiger partial charge in [0.05, 0.1) is 12.4 Å². The molecule has 128 valence electrons. The molecule has 0 aliphatic heterocycles. The Morgan fingerprint density at radius 1 is 1.42 bits per heavy atom. The van der Waals surface area contributed by atoms with E-state index in [1.54, 1.807) is 24.4 Å². The highest BCUT2D eigenvalue weighted by Crippen LogP contribution is 2.06. The monoisotopic (exact) mass is 349 g/mol. The third-order valence-corrected chi connectivity index (χ3v) is 4.16. The second kappa shape index (κ2) is 8.97. The Labute approximate surface area is 141 Å². The van der Waals surface area contributed by atoms with Crippen LogP contribution in [0.25, 0.3) is 0 Å². The summed E-state index contributed by atoms with van der Waals surface area (Å²) in [5.41, 5.74) is 0.222. The van der Waals surface area contributed by atoms with E-state index in [4.69, 9.17) is 4.74 Å². The van der Waals surface area contributed by atoms with Crippen LogP contribution < -0.4 is 15.5 Å². The molecular weight excluding hydrogens is 330 g/mol. The largest absolute Gasteiger partial charge is 0.488 e. The van der Waals surface area contributed by atoms with E-state index >= 15 is 0 Å². The molecule has 1 amide bonds. The van der Waals surface area contributed by atoms with E-state index < -0.39 is 16.7 Å². The van der Waals surface area contributed by atoms with Crippen molar-refractivity contribution in [2.75, 3.05) is 17.7 Å². The number of pyridine rings is 2. The Bertz CT molecular complexity index is 761. The van der Waals surface area contributed by atoms with E-state index in [2.05, 4.69) is 15.3 Å². The van der Waals surface area contributed by atoms with Crippen molar-refractivity contribution in [3.05, 3.63) is 52.6 Å². The molecule has 1 atom stereocenters. The number of rotatable bonds is 8. The molecule has 2 rings (SSSR count). The average molecular weight is 349 g/mol. The minimum atomic E-state index is -1.45. The number of aromatic nitrogens is 2. The number of amides is 1. The summed E-state index contributed by atoms with van der Waals surface area (Å²) < 4.78 is 17.3. The maximum atomic E-state index is 12.1. The van der Waals surface area contributed by atoms with Crippen LogP contribution >= 0.6 is 0 Å². The molecule has 1 unspecified atom stereocenters. The zero-order chi connectivity index (χ0) is 17.4. The first-order chi connectivity index (χ1) is 11.6. The normalized spacial score (nSPS) is 11.7. The second-order valence-electron chi connectivity index (χ2n) is 5.03. The molecule has 7 nitrogen and oxygen atoms in total. The minimum absolute atomic E-state index is 0.0823. The topological polar surface area (TPSA) is 101 Å². The molecule has 0 saturated heterocycles. The number of H-pyrrole nitrogens is 1. The van der Waals surface area contributed by atoms with E-state index in [-0.39, 0.29) is 22.7 Å². The van der Waals surface area contributed by atoms with Gasteiger partial charge in [-0.25, -0.2) is 4.98 Å². The smallest absolute Gasteiger partial charge is 0.238 e. The number of nitrogens with zero attached hydrogens (tertiary/aromatic N) is 1. The minimum Gasteiger partial charge on any atom is -0.488 e. The summed E-state index contributed by atoms with van der Waals surface area (Å²) in [5, 5.41) is 2.57. The number of carbonyl (C=O) groups excluding carboxylic acids is 1. The van der Waals surface area contributed by atoms with E-state index in [0.717, 1.165) is 6.42 Å². The molecule has 0 saturated carbocycles. The number of nitrogens with one attached hydrogen (secondary N) is 2. The van der Waals surface area contributed by atoms with Crippen molar-refractivity contribution in [1.82, 2.24) is 9.97 Å². The fraction of sp³-hybridized carbons (Fsp3) is 0.312. The second-order valence-corrected chi connectivity index (χ2v) is 6.48. The molecule has 2 aromatic heterocycles. The van der Waals surface area contributed by atoms with Crippen LogP contribution in [0.15, 0.2) is 41.5 Å². The zero-order valence-electron chi connectivity index (χ0n) is 13.3. The summed E-state index contributed by atoms with van der Waals surface area (Å²) in [7, 11) is -1.45. The summed E-state index contributed by atoms with van der Waals surface area (Å²) >= 11 is 0. The Morgan fingerprint density at radius 2 is 2.25 bits per heavy atom. The van der Waals surface area contributed by atoms with Gasteiger partial charge in [0.15, 0.2) is 5.75 Å². The van der Waals surface area contributed by atoms with Crippen molar-refractivity contribution in [3.8, 4) is 5.75 Å². The van der Waals surface area contributed by atoms with Gasteiger partial charge in [0.2, 0.25) is 11.3 Å². The highest BCUT2D eigenvalue weighted by Gasteiger charge is 2.11. The Morgan fingerprint density at radius 3 is 2.92 bits per heavy atom. The molecule has 2 heterocycles. The van der Waals surface area contributed by atoms with Crippen molar-refractivity contribution < 1.29 is 13.7 Å². The number of anilines is 1. The fourth-order valence-electron chi connectivity index (χ4n) is 1.89. The number of hydrogen-bond donors (Lipinski definition) is 2. The summed E-state index contributed by atoms with van der Waals surface area (Å²) in [6, 6.07) is 6.47. The van der Waals surface area contributed by atoms with Gasteiger partial charge < -0.3 is 15.0 Å². The summed E-state index contributed by atoms with van der Waals surface area (Å²) in [4.78, 5) is 30.5. The molecule has 0 spiro atoms. The highest BCUT2D eigenvalue weighted by atomic mass is 32.2. The lowest BCUT2D eigenvalue weighted by Gasteiger charge is -2.06. The lowest BCUT2D eigenvalue weighted by Crippen LogP contribution is -2.21. The van der Waals surface area contributed by atoms with Gasteiger partial charge in [-0.15, -0.1) is 0 Å². The summed E-state index contributed by atoms with van der Waals surface area (Å²) in [5.74, 6) is 0.160. The number of ether oxygens (including phenoxy) is 1. The third kappa shape index (κ3) is 5.62. The Kier molecular flexibility index (Phi) is 6.68.